The van der Waals surface area contributed by atoms with Crippen molar-refractivity contribution in [2.75, 3.05) is 10.8 Å². The molecule has 0 aliphatic carbocycles. The van der Waals surface area contributed by atoms with E-state index in [9.17, 15) is 21.6 Å². The van der Waals surface area contributed by atoms with Crippen LogP contribution in [-0.2, 0) is 22.6 Å². The van der Waals surface area contributed by atoms with Gasteiger partial charge in [0.05, 0.1) is 5.56 Å². The van der Waals surface area contributed by atoms with Crippen molar-refractivity contribution in [3.05, 3.63) is 41.3 Å². The molecular weight excluding hydrogens is 321 g/mol. The first-order valence-corrected chi connectivity index (χ1v) is 7.79. The number of sulfonamides is 1. The first-order chi connectivity index (χ1) is 10.2. The molecule has 0 saturated carbocycles. The Balaban J connectivity index is 2.02. The number of hydrogen-bond donors (Lipinski definition) is 0. The predicted molar refractivity (Wildman–Crippen MR) is 70.9 cm³/mol. The topological polar surface area (TPSA) is 63.4 Å². The Hall–Kier alpha value is -2.03. The van der Waals surface area contributed by atoms with Crippen LogP contribution in [0.3, 0.4) is 0 Å². The van der Waals surface area contributed by atoms with Crippen LogP contribution in [-0.4, -0.2) is 19.9 Å². The zero-order valence-corrected chi connectivity index (χ0v) is 12.2. The van der Waals surface area contributed by atoms with Gasteiger partial charge in [-0.3, -0.25) is 0 Å². The average Bonchev–Trinajstić information content (AvgIpc) is 3.03. The number of rotatable bonds is 2. The van der Waals surface area contributed by atoms with Gasteiger partial charge in [-0.25, -0.2) is 9.29 Å². The van der Waals surface area contributed by atoms with Gasteiger partial charge in [0.15, 0.2) is 0 Å². The van der Waals surface area contributed by atoms with Crippen LogP contribution in [0.4, 0.5) is 19.0 Å². The van der Waals surface area contributed by atoms with Gasteiger partial charge < -0.3 is 4.42 Å². The fourth-order valence-electron chi connectivity index (χ4n) is 2.29. The second-order valence-corrected chi connectivity index (χ2v) is 6.69. The largest absolute Gasteiger partial charge is 0.448 e. The van der Waals surface area contributed by atoms with Gasteiger partial charge in [-0.2, -0.15) is 21.6 Å². The second-order valence-electron chi connectivity index (χ2n) is 4.90. The normalized spacial score (nSPS) is 15.2. The number of aryl methyl sites for hydroxylation is 1. The Kier molecular flexibility index (Phi) is 3.20. The zero-order valence-electron chi connectivity index (χ0n) is 11.4. The molecule has 3 rings (SSSR count). The van der Waals surface area contributed by atoms with Crippen LogP contribution in [0, 0.1) is 6.92 Å². The number of aromatic nitrogens is 1. The Labute approximate surface area is 124 Å². The summed E-state index contributed by atoms with van der Waals surface area (Å²) in [4.78, 5) is 3.69. The highest BCUT2D eigenvalue weighted by Crippen LogP contribution is 2.36. The van der Waals surface area contributed by atoms with E-state index < -0.39 is 21.8 Å². The summed E-state index contributed by atoms with van der Waals surface area (Å²) < 4.78 is 69.0. The summed E-state index contributed by atoms with van der Waals surface area (Å²) in [7, 11) is -3.96. The molecule has 5 nitrogen and oxygen atoms in total. The number of pyridine rings is 1. The average molecular weight is 332 g/mol. The number of nitrogens with zero attached hydrogens (tertiary/aromatic N) is 2. The van der Waals surface area contributed by atoms with Crippen LogP contribution in [0.1, 0.15) is 16.9 Å². The third kappa shape index (κ3) is 2.35. The molecule has 0 spiro atoms. The van der Waals surface area contributed by atoms with Crippen molar-refractivity contribution >= 4 is 15.8 Å². The zero-order chi connectivity index (χ0) is 16.1. The maximum absolute atomic E-state index is 12.7. The molecule has 0 aromatic carbocycles. The summed E-state index contributed by atoms with van der Waals surface area (Å²) in [5.74, 6) is 0.445. The van der Waals surface area contributed by atoms with Crippen LogP contribution < -0.4 is 4.31 Å². The number of alkyl halides is 3. The lowest BCUT2D eigenvalue weighted by Gasteiger charge is -2.17. The molecular formula is C13H11F3N2O3S. The van der Waals surface area contributed by atoms with Gasteiger partial charge in [0.25, 0.3) is 10.0 Å². The molecule has 0 atom stereocenters. The second kappa shape index (κ2) is 4.73. The molecule has 2 aromatic heterocycles. The lowest BCUT2D eigenvalue weighted by atomic mass is 10.1. The van der Waals surface area contributed by atoms with E-state index in [1.54, 1.807) is 6.92 Å². The molecule has 0 amide bonds. The van der Waals surface area contributed by atoms with E-state index >= 15 is 0 Å². The minimum Gasteiger partial charge on any atom is -0.448 e. The van der Waals surface area contributed by atoms with Crippen molar-refractivity contribution in [3.63, 3.8) is 0 Å². The molecule has 9 heteroatoms. The number of anilines is 1. The van der Waals surface area contributed by atoms with Crippen molar-refractivity contribution in [1.82, 2.24) is 4.98 Å². The van der Waals surface area contributed by atoms with Gasteiger partial charge in [-0.15, -0.1) is 0 Å². The van der Waals surface area contributed by atoms with Crippen molar-refractivity contribution in [2.24, 2.45) is 0 Å². The highest BCUT2D eigenvalue weighted by atomic mass is 32.2. The summed E-state index contributed by atoms with van der Waals surface area (Å²) in [6, 6.07) is 3.75. The minimum absolute atomic E-state index is 0.0158. The SMILES string of the molecule is Cc1ccc(S(=O)(=O)N2CCc3cc(C(F)(F)F)cnc32)o1. The van der Waals surface area contributed by atoms with E-state index in [0.717, 1.165) is 10.4 Å². The first kappa shape index (κ1) is 14.9. The molecule has 0 radical (unpaired) electrons. The molecule has 0 saturated heterocycles. The van der Waals surface area contributed by atoms with Gasteiger partial charge in [0.1, 0.15) is 11.6 Å². The van der Waals surface area contributed by atoms with Crippen LogP contribution in [0.2, 0.25) is 0 Å². The monoisotopic (exact) mass is 332 g/mol. The summed E-state index contributed by atoms with van der Waals surface area (Å²) >= 11 is 0. The summed E-state index contributed by atoms with van der Waals surface area (Å²) in [5, 5.41) is -0.250. The molecule has 2 aromatic rings. The van der Waals surface area contributed by atoms with E-state index in [4.69, 9.17) is 4.42 Å². The van der Waals surface area contributed by atoms with E-state index in [-0.39, 0.29) is 29.4 Å². The van der Waals surface area contributed by atoms with Crippen LogP contribution in [0.15, 0.2) is 33.9 Å². The van der Waals surface area contributed by atoms with E-state index in [2.05, 4.69) is 4.98 Å². The van der Waals surface area contributed by atoms with E-state index in [0.29, 0.717) is 12.0 Å². The van der Waals surface area contributed by atoms with Gasteiger partial charge in [-0.05, 0) is 37.1 Å². The number of halogens is 3. The van der Waals surface area contributed by atoms with Crippen molar-refractivity contribution in [2.45, 2.75) is 24.6 Å². The first-order valence-electron chi connectivity index (χ1n) is 6.35. The highest BCUT2D eigenvalue weighted by molar-refractivity contribution is 7.92. The Morgan fingerprint density at radius 3 is 2.64 bits per heavy atom. The molecule has 0 bridgehead atoms. The van der Waals surface area contributed by atoms with Crippen LogP contribution in [0.25, 0.3) is 0 Å². The Morgan fingerprint density at radius 1 is 1.32 bits per heavy atom. The number of furan rings is 1. The maximum Gasteiger partial charge on any atom is 0.417 e. The molecule has 0 N–H and O–H groups in total. The molecule has 22 heavy (non-hydrogen) atoms. The molecule has 1 aliphatic rings. The van der Waals surface area contributed by atoms with Crippen LogP contribution in [0.5, 0.6) is 0 Å². The minimum atomic E-state index is -4.51. The lowest BCUT2D eigenvalue weighted by molar-refractivity contribution is -0.137. The molecule has 118 valence electrons. The lowest BCUT2D eigenvalue weighted by Crippen LogP contribution is -2.29. The summed E-state index contributed by atoms with van der Waals surface area (Å²) in [5.41, 5.74) is -0.638. The molecule has 3 heterocycles. The van der Waals surface area contributed by atoms with Crippen molar-refractivity contribution in [1.29, 1.82) is 0 Å². The van der Waals surface area contributed by atoms with Crippen LogP contribution >= 0.6 is 0 Å². The fraction of sp³-hybridized carbons (Fsp3) is 0.308. The van der Waals surface area contributed by atoms with Gasteiger partial charge in [0, 0.05) is 12.7 Å². The Bertz CT molecular complexity index is 827. The van der Waals surface area contributed by atoms with Crippen molar-refractivity contribution < 1.29 is 26.0 Å². The maximum atomic E-state index is 12.7. The molecule has 0 unspecified atom stereocenters. The standard InChI is InChI=1S/C13H11F3N2O3S/c1-8-2-3-11(21-8)22(19,20)18-5-4-9-6-10(13(14,15)16)7-17-12(9)18/h2-3,6-7H,4-5H2,1H3. The van der Waals surface area contributed by atoms with Gasteiger partial charge >= 0.3 is 6.18 Å². The smallest absolute Gasteiger partial charge is 0.417 e. The quantitative estimate of drug-likeness (QED) is 0.848. The number of hydrogen-bond acceptors (Lipinski definition) is 4. The third-order valence-corrected chi connectivity index (χ3v) is 5.01. The van der Waals surface area contributed by atoms with Gasteiger partial charge in [0.2, 0.25) is 5.09 Å². The van der Waals surface area contributed by atoms with E-state index in [1.807, 2.05) is 0 Å². The third-order valence-electron chi connectivity index (χ3n) is 3.35. The molecule has 1 aliphatic heterocycles. The number of fused-ring (bicyclic) bond motifs is 1. The summed E-state index contributed by atoms with van der Waals surface area (Å²) in [6.07, 6.45) is -3.70. The fourth-order valence-corrected chi connectivity index (χ4v) is 3.71. The van der Waals surface area contributed by atoms with Gasteiger partial charge in [-0.1, -0.05) is 0 Å². The van der Waals surface area contributed by atoms with Crippen molar-refractivity contribution in [3.8, 4) is 0 Å². The Morgan fingerprint density at radius 2 is 2.05 bits per heavy atom. The summed E-state index contributed by atoms with van der Waals surface area (Å²) in [6.45, 7) is 1.64. The van der Waals surface area contributed by atoms with E-state index in [1.165, 1.54) is 12.1 Å². The molecule has 0 fully saturated rings. The predicted octanol–water partition coefficient (Wildman–Crippen LogP) is 2.75. The highest BCUT2D eigenvalue weighted by Gasteiger charge is 2.37.